The van der Waals surface area contributed by atoms with Gasteiger partial charge in [-0.25, -0.2) is 14.0 Å². The largest absolute Gasteiger partial charge is 1.00 e. The fraction of sp³-hybridized carbons (Fsp3) is 0.357. The van der Waals surface area contributed by atoms with Crippen LogP contribution in [0.25, 0.3) is 0 Å². The molecule has 24 heavy (non-hydrogen) atoms. The second kappa shape index (κ2) is 10.7. The summed E-state index contributed by atoms with van der Waals surface area (Å²) >= 11 is 3.08. The van der Waals surface area contributed by atoms with E-state index in [9.17, 15) is 9.60 Å². The van der Waals surface area contributed by atoms with Crippen molar-refractivity contribution in [3.63, 3.8) is 0 Å². The number of benzene rings is 1. The molecule has 0 unspecified atom stereocenters. The number of nitrogens with one attached hydrogen (secondary N) is 1. The molecule has 10 heteroatoms. The van der Waals surface area contributed by atoms with Crippen molar-refractivity contribution in [2.45, 2.75) is 26.4 Å². The molecule has 1 aromatic heterocycles. The van der Waals surface area contributed by atoms with E-state index >= 15 is 0 Å². The van der Waals surface area contributed by atoms with Gasteiger partial charge < -0.3 is 28.7 Å². The molecule has 2 aromatic rings. The van der Waals surface area contributed by atoms with Crippen LogP contribution >= 0.6 is 15.9 Å². The molecular formula is C14H16BrFIN4O3-. The van der Waals surface area contributed by atoms with Gasteiger partial charge in [0.15, 0.2) is 11.5 Å². The maximum absolute atomic E-state index is 13.2. The molecule has 0 aliphatic carbocycles. The number of unbranched alkanes of at least 4 members (excludes halogenated alkanes) is 1. The van der Waals surface area contributed by atoms with Crippen molar-refractivity contribution in [1.82, 2.24) is 15.8 Å². The van der Waals surface area contributed by atoms with Crippen LogP contribution in [0.2, 0.25) is 0 Å². The number of aromatic nitrogens is 2. The van der Waals surface area contributed by atoms with Gasteiger partial charge in [0.25, 0.3) is 0 Å². The third-order valence-corrected chi connectivity index (χ3v) is 3.52. The molecule has 0 radical (unpaired) electrons. The van der Waals surface area contributed by atoms with Crippen LogP contribution in [0, 0.1) is 5.82 Å². The molecule has 0 atom stereocenters. The van der Waals surface area contributed by atoms with Crippen LogP contribution in [0.5, 0.6) is 0 Å². The predicted molar refractivity (Wildman–Crippen MR) is 84.1 cm³/mol. The Labute approximate surface area is 163 Å². The zero-order chi connectivity index (χ0) is 16.7. The Kier molecular flexibility index (Phi) is 9.33. The highest BCUT2D eigenvalue weighted by Gasteiger charge is 2.16. The maximum atomic E-state index is 13.2. The molecule has 2 N–H and O–H groups in total. The standard InChI is InChI=1S/C14H16BrFN4O3.HI/c1-2-3-6-22-8-12-13(20-23-19-12)14(18-21)17-9-4-5-11(16)10(15)7-9;/h4-5,7,21H,2-3,6,8H2,1H3,(H,17,18);1H/p-1. The molecule has 1 heterocycles. The summed E-state index contributed by atoms with van der Waals surface area (Å²) in [6, 6.07) is 4.19. The lowest BCUT2D eigenvalue weighted by Crippen LogP contribution is -3.00. The van der Waals surface area contributed by atoms with Crippen LogP contribution in [-0.2, 0) is 11.3 Å². The number of amidine groups is 1. The molecule has 0 amide bonds. The van der Waals surface area contributed by atoms with Crippen LogP contribution in [0.15, 0.2) is 32.3 Å². The van der Waals surface area contributed by atoms with Gasteiger partial charge in [0.2, 0.25) is 0 Å². The lowest BCUT2D eigenvalue weighted by molar-refractivity contribution is -0.00000718. The quantitative estimate of drug-likeness (QED) is 0.182. The van der Waals surface area contributed by atoms with E-state index in [1.54, 1.807) is 0 Å². The van der Waals surface area contributed by atoms with Gasteiger partial charge in [-0.05, 0) is 45.7 Å². The minimum Gasteiger partial charge on any atom is -1.00 e. The molecule has 0 aliphatic heterocycles. The van der Waals surface area contributed by atoms with Gasteiger partial charge in [-0.2, -0.15) is 0 Å². The maximum Gasteiger partial charge on any atom is 0.182 e. The average molecular weight is 514 g/mol. The Bertz CT molecular complexity index is 684. The first-order chi connectivity index (χ1) is 11.2. The SMILES string of the molecule is CCCCOCc1nonc1C(=Nc1ccc(F)c(Br)c1)NO.[I-]. The topological polar surface area (TPSA) is 92.8 Å². The minimum atomic E-state index is -0.407. The van der Waals surface area contributed by atoms with Crippen molar-refractivity contribution in [1.29, 1.82) is 0 Å². The lowest BCUT2D eigenvalue weighted by atomic mass is 10.3. The van der Waals surface area contributed by atoms with Gasteiger partial charge in [-0.15, -0.1) is 0 Å². The van der Waals surface area contributed by atoms with E-state index in [-0.39, 0.29) is 46.6 Å². The monoisotopic (exact) mass is 513 g/mol. The van der Waals surface area contributed by atoms with Crippen LogP contribution in [0.3, 0.4) is 0 Å². The molecule has 0 bridgehead atoms. The number of rotatable bonds is 7. The zero-order valence-electron chi connectivity index (χ0n) is 12.8. The first-order valence-electron chi connectivity index (χ1n) is 6.99. The van der Waals surface area contributed by atoms with Crippen LogP contribution in [0.4, 0.5) is 10.1 Å². The van der Waals surface area contributed by atoms with Crippen molar-refractivity contribution in [3.8, 4) is 0 Å². The van der Waals surface area contributed by atoms with Gasteiger partial charge in [0, 0.05) is 6.61 Å². The Morgan fingerprint density at radius 1 is 1.46 bits per heavy atom. The summed E-state index contributed by atoms with van der Waals surface area (Å²) in [5, 5.41) is 16.8. The van der Waals surface area contributed by atoms with E-state index in [1.165, 1.54) is 18.2 Å². The van der Waals surface area contributed by atoms with Crippen LogP contribution in [-0.4, -0.2) is 28.0 Å². The highest BCUT2D eigenvalue weighted by molar-refractivity contribution is 9.10. The molecule has 0 aliphatic rings. The van der Waals surface area contributed by atoms with Gasteiger partial charge in [0.05, 0.1) is 16.8 Å². The van der Waals surface area contributed by atoms with E-state index in [0.29, 0.717) is 18.0 Å². The highest BCUT2D eigenvalue weighted by Crippen LogP contribution is 2.22. The van der Waals surface area contributed by atoms with Gasteiger partial charge in [0.1, 0.15) is 11.5 Å². The van der Waals surface area contributed by atoms with Crippen LogP contribution in [0.1, 0.15) is 31.2 Å². The first kappa shape index (κ1) is 20.9. The highest BCUT2D eigenvalue weighted by atomic mass is 127. The first-order valence-corrected chi connectivity index (χ1v) is 7.78. The summed E-state index contributed by atoms with van der Waals surface area (Å²) < 4.78 is 23.6. The summed E-state index contributed by atoms with van der Waals surface area (Å²) in [6.45, 7) is 2.84. The molecule has 7 nitrogen and oxygen atoms in total. The van der Waals surface area contributed by atoms with Gasteiger partial charge in [-0.3, -0.25) is 10.7 Å². The second-order valence-corrected chi connectivity index (χ2v) is 5.49. The summed E-state index contributed by atoms with van der Waals surface area (Å²) in [7, 11) is 0. The van der Waals surface area contributed by atoms with Crippen LogP contribution < -0.4 is 29.5 Å². The summed E-state index contributed by atoms with van der Waals surface area (Å²) in [5.74, 6) is -0.380. The molecule has 0 spiro atoms. The van der Waals surface area contributed by atoms with Crippen molar-refractivity contribution < 1.29 is 42.9 Å². The van der Waals surface area contributed by atoms with E-state index in [4.69, 9.17) is 4.74 Å². The van der Waals surface area contributed by atoms with Crippen molar-refractivity contribution >= 4 is 27.5 Å². The third kappa shape index (κ3) is 5.76. The molecule has 2 rings (SSSR count). The lowest BCUT2D eigenvalue weighted by Gasteiger charge is -2.04. The smallest absolute Gasteiger partial charge is 0.182 e. The number of hydrogen-bond acceptors (Lipinski definition) is 6. The Morgan fingerprint density at radius 2 is 2.25 bits per heavy atom. The number of hydroxylamine groups is 1. The van der Waals surface area contributed by atoms with Crippen molar-refractivity contribution in [2.24, 2.45) is 4.99 Å². The van der Waals surface area contributed by atoms with E-state index in [1.807, 2.05) is 5.48 Å². The second-order valence-electron chi connectivity index (χ2n) is 4.64. The minimum absolute atomic E-state index is 0. The van der Waals surface area contributed by atoms with Gasteiger partial charge in [-0.1, -0.05) is 18.5 Å². The van der Waals surface area contributed by atoms with Gasteiger partial charge >= 0.3 is 0 Å². The normalized spacial score (nSPS) is 11.2. The molecule has 0 saturated carbocycles. The Morgan fingerprint density at radius 3 is 2.92 bits per heavy atom. The number of ether oxygens (including phenoxy) is 1. The number of nitrogens with zero attached hydrogens (tertiary/aromatic N) is 3. The fourth-order valence-corrected chi connectivity index (χ4v) is 2.08. The summed E-state index contributed by atoms with van der Waals surface area (Å²) in [5.41, 5.74) is 3.00. The van der Waals surface area contributed by atoms with Crippen molar-refractivity contribution in [2.75, 3.05) is 6.61 Å². The van der Waals surface area contributed by atoms with Crippen molar-refractivity contribution in [3.05, 3.63) is 39.9 Å². The van der Waals surface area contributed by atoms with E-state index < -0.39 is 5.82 Å². The van der Waals surface area contributed by atoms with E-state index in [2.05, 4.69) is 42.8 Å². The average Bonchev–Trinajstić information content (AvgIpc) is 3.01. The molecule has 0 fully saturated rings. The fourth-order valence-electron chi connectivity index (χ4n) is 1.71. The molecular weight excluding hydrogens is 498 g/mol. The zero-order valence-corrected chi connectivity index (χ0v) is 16.5. The Balaban J connectivity index is 0.00000288. The van der Waals surface area contributed by atoms with E-state index in [0.717, 1.165) is 12.8 Å². The summed E-state index contributed by atoms with van der Waals surface area (Å²) in [4.78, 5) is 4.17. The third-order valence-electron chi connectivity index (χ3n) is 2.91. The number of halogens is 3. The number of aliphatic imine (C=N–C) groups is 1. The summed E-state index contributed by atoms with van der Waals surface area (Å²) in [6.07, 6.45) is 1.96. The predicted octanol–water partition coefficient (Wildman–Crippen LogP) is 0.349. The molecule has 1 aromatic carbocycles. The number of hydrogen-bond donors (Lipinski definition) is 2. The Hall–Kier alpha value is -1.11. The molecule has 0 saturated heterocycles. The molecule has 132 valence electrons.